The van der Waals surface area contributed by atoms with Gasteiger partial charge in [0.25, 0.3) is 0 Å². The Bertz CT molecular complexity index is 1090. The number of carbonyl (C=O) groups is 1. The summed E-state index contributed by atoms with van der Waals surface area (Å²) in [5.41, 5.74) is 2.95. The summed E-state index contributed by atoms with van der Waals surface area (Å²) in [5.74, 6) is 0.261. The van der Waals surface area contributed by atoms with Crippen molar-refractivity contribution in [2.24, 2.45) is 5.92 Å². The van der Waals surface area contributed by atoms with Crippen LogP contribution in [0.3, 0.4) is 0 Å². The molecule has 0 aliphatic carbocycles. The fraction of sp³-hybridized carbons (Fsp3) is 0.208. The molecule has 0 bridgehead atoms. The van der Waals surface area contributed by atoms with Gasteiger partial charge in [-0.05, 0) is 60.4 Å². The molecule has 3 aromatic rings. The van der Waals surface area contributed by atoms with Gasteiger partial charge in [-0.1, -0.05) is 24.3 Å². The lowest BCUT2D eigenvalue weighted by Crippen LogP contribution is -2.41. The molecule has 1 fully saturated rings. The lowest BCUT2D eigenvalue weighted by Gasteiger charge is -2.32. The Hall–Kier alpha value is -3.72. The zero-order valence-corrected chi connectivity index (χ0v) is 16.4. The third-order valence-corrected chi connectivity index (χ3v) is 5.30. The molecular formula is C24H21FN4O. The summed E-state index contributed by atoms with van der Waals surface area (Å²) in [6.45, 7) is 1.38. The molecule has 2 heterocycles. The Labute approximate surface area is 174 Å². The van der Waals surface area contributed by atoms with Crippen molar-refractivity contribution < 1.29 is 9.18 Å². The van der Waals surface area contributed by atoms with E-state index in [2.05, 4.69) is 21.3 Å². The maximum absolute atomic E-state index is 13.4. The van der Waals surface area contributed by atoms with Crippen LogP contribution in [0.25, 0.3) is 11.1 Å². The van der Waals surface area contributed by atoms with Crippen LogP contribution in [0.1, 0.15) is 18.4 Å². The van der Waals surface area contributed by atoms with Crippen molar-refractivity contribution in [1.82, 2.24) is 4.98 Å². The second kappa shape index (κ2) is 8.75. The number of hydrogen-bond donors (Lipinski definition) is 1. The standard InChI is InChI=1S/C24H21FN4O/c25-21-5-1-3-19(14-21)18-6-8-22(9-7-18)28-24(30)20-4-2-12-29(16-20)23-13-17(15-26)10-11-27-23/h1,3,5-11,13-14,20H,2,4,12,16H2,(H,28,30). The summed E-state index contributed by atoms with van der Waals surface area (Å²) >= 11 is 0. The van der Waals surface area contributed by atoms with Crippen molar-refractivity contribution in [1.29, 1.82) is 5.26 Å². The number of anilines is 2. The van der Waals surface area contributed by atoms with Crippen molar-refractivity contribution >= 4 is 17.4 Å². The maximum Gasteiger partial charge on any atom is 0.229 e. The van der Waals surface area contributed by atoms with Crippen LogP contribution in [-0.4, -0.2) is 24.0 Å². The highest BCUT2D eigenvalue weighted by Crippen LogP contribution is 2.25. The molecule has 1 aliphatic heterocycles. The van der Waals surface area contributed by atoms with E-state index in [4.69, 9.17) is 5.26 Å². The topological polar surface area (TPSA) is 69.0 Å². The Morgan fingerprint density at radius 1 is 1.13 bits per heavy atom. The van der Waals surface area contributed by atoms with Crippen molar-refractivity contribution in [3.8, 4) is 17.2 Å². The van der Waals surface area contributed by atoms with Crippen molar-refractivity contribution in [3.05, 3.63) is 78.2 Å². The van der Waals surface area contributed by atoms with Crippen LogP contribution in [-0.2, 0) is 4.79 Å². The molecule has 1 unspecified atom stereocenters. The number of hydrogen-bond acceptors (Lipinski definition) is 4. The summed E-state index contributed by atoms with van der Waals surface area (Å²) in [4.78, 5) is 19.2. The Balaban J connectivity index is 1.41. The lowest BCUT2D eigenvalue weighted by atomic mass is 9.96. The molecule has 1 aliphatic rings. The van der Waals surface area contributed by atoms with Gasteiger partial charge in [0.2, 0.25) is 5.91 Å². The van der Waals surface area contributed by atoms with E-state index in [0.717, 1.165) is 36.3 Å². The van der Waals surface area contributed by atoms with E-state index in [1.807, 2.05) is 30.3 Å². The first-order chi connectivity index (χ1) is 14.6. The van der Waals surface area contributed by atoms with Crippen LogP contribution in [0.2, 0.25) is 0 Å². The van der Waals surface area contributed by atoms with E-state index in [-0.39, 0.29) is 17.6 Å². The minimum atomic E-state index is -0.276. The van der Waals surface area contributed by atoms with Crippen LogP contribution in [0.4, 0.5) is 15.9 Å². The quantitative estimate of drug-likeness (QED) is 0.694. The number of nitriles is 1. The molecule has 0 spiro atoms. The molecule has 1 N–H and O–H groups in total. The van der Waals surface area contributed by atoms with Gasteiger partial charge in [-0.2, -0.15) is 5.26 Å². The number of amides is 1. The van der Waals surface area contributed by atoms with E-state index in [1.54, 1.807) is 24.4 Å². The summed E-state index contributed by atoms with van der Waals surface area (Å²) in [6.07, 6.45) is 3.31. The normalized spacial score (nSPS) is 16.0. The van der Waals surface area contributed by atoms with Gasteiger partial charge in [0.15, 0.2) is 0 Å². The Morgan fingerprint density at radius 3 is 2.73 bits per heavy atom. The summed E-state index contributed by atoms with van der Waals surface area (Å²) < 4.78 is 13.4. The van der Waals surface area contributed by atoms with Crippen LogP contribution in [0.15, 0.2) is 66.9 Å². The Morgan fingerprint density at radius 2 is 1.97 bits per heavy atom. The van der Waals surface area contributed by atoms with Crippen molar-refractivity contribution in [2.45, 2.75) is 12.8 Å². The molecule has 1 saturated heterocycles. The van der Waals surface area contributed by atoms with Crippen molar-refractivity contribution in [3.63, 3.8) is 0 Å². The third-order valence-electron chi connectivity index (χ3n) is 5.30. The Kier molecular flexibility index (Phi) is 5.71. The second-order valence-corrected chi connectivity index (χ2v) is 7.38. The highest BCUT2D eigenvalue weighted by Gasteiger charge is 2.26. The van der Waals surface area contributed by atoms with Gasteiger partial charge in [0, 0.05) is 25.0 Å². The zero-order chi connectivity index (χ0) is 20.9. The van der Waals surface area contributed by atoms with Crippen LogP contribution in [0.5, 0.6) is 0 Å². The first-order valence-corrected chi connectivity index (χ1v) is 9.90. The zero-order valence-electron chi connectivity index (χ0n) is 16.4. The second-order valence-electron chi connectivity index (χ2n) is 7.38. The number of rotatable bonds is 4. The number of nitrogens with zero attached hydrogens (tertiary/aromatic N) is 3. The number of pyridine rings is 1. The highest BCUT2D eigenvalue weighted by atomic mass is 19.1. The molecule has 1 atom stereocenters. The van der Waals surface area contributed by atoms with Gasteiger partial charge in [-0.25, -0.2) is 9.37 Å². The van der Waals surface area contributed by atoms with Gasteiger partial charge in [0.1, 0.15) is 11.6 Å². The minimum absolute atomic E-state index is 0.0327. The molecule has 0 radical (unpaired) electrons. The monoisotopic (exact) mass is 400 g/mol. The lowest BCUT2D eigenvalue weighted by molar-refractivity contribution is -0.120. The molecule has 1 aromatic heterocycles. The number of aromatic nitrogens is 1. The van der Waals surface area contributed by atoms with Gasteiger partial charge < -0.3 is 10.2 Å². The summed E-state index contributed by atoms with van der Waals surface area (Å²) in [6, 6.07) is 19.4. The fourth-order valence-electron chi connectivity index (χ4n) is 3.72. The molecule has 30 heavy (non-hydrogen) atoms. The largest absolute Gasteiger partial charge is 0.356 e. The predicted octanol–water partition coefficient (Wildman–Crippen LogP) is 4.61. The molecule has 150 valence electrons. The van der Waals surface area contributed by atoms with Gasteiger partial charge in [-0.15, -0.1) is 0 Å². The first kappa shape index (κ1) is 19.6. The number of nitrogens with one attached hydrogen (secondary N) is 1. The van der Waals surface area contributed by atoms with Crippen LogP contribution in [0, 0.1) is 23.1 Å². The number of piperidine rings is 1. The van der Waals surface area contributed by atoms with E-state index in [1.165, 1.54) is 12.1 Å². The highest BCUT2D eigenvalue weighted by molar-refractivity contribution is 5.93. The molecule has 2 aromatic carbocycles. The van der Waals surface area contributed by atoms with E-state index < -0.39 is 0 Å². The minimum Gasteiger partial charge on any atom is -0.356 e. The summed E-state index contributed by atoms with van der Waals surface area (Å²) in [7, 11) is 0. The first-order valence-electron chi connectivity index (χ1n) is 9.90. The molecule has 6 heteroatoms. The van der Waals surface area contributed by atoms with Crippen molar-refractivity contribution in [2.75, 3.05) is 23.3 Å². The number of halogens is 1. The van der Waals surface area contributed by atoms with E-state index in [9.17, 15) is 9.18 Å². The van der Waals surface area contributed by atoms with Crippen LogP contribution < -0.4 is 10.2 Å². The third kappa shape index (κ3) is 4.47. The number of benzene rings is 2. The maximum atomic E-state index is 13.4. The van der Waals surface area contributed by atoms with E-state index >= 15 is 0 Å². The smallest absolute Gasteiger partial charge is 0.229 e. The SMILES string of the molecule is N#Cc1ccnc(N2CCCC(C(=O)Nc3ccc(-c4cccc(F)c4)cc3)C2)c1. The average molecular weight is 400 g/mol. The van der Waals surface area contributed by atoms with Gasteiger partial charge >= 0.3 is 0 Å². The molecule has 4 rings (SSSR count). The molecule has 1 amide bonds. The molecule has 0 saturated carbocycles. The fourth-order valence-corrected chi connectivity index (χ4v) is 3.72. The predicted molar refractivity (Wildman–Crippen MR) is 114 cm³/mol. The van der Waals surface area contributed by atoms with Gasteiger partial charge in [0.05, 0.1) is 17.6 Å². The number of carbonyl (C=O) groups excluding carboxylic acids is 1. The molecule has 5 nitrogen and oxygen atoms in total. The average Bonchev–Trinajstić information content (AvgIpc) is 2.79. The van der Waals surface area contributed by atoms with Crippen LogP contribution >= 0.6 is 0 Å². The molecular weight excluding hydrogens is 379 g/mol. The van der Waals surface area contributed by atoms with Gasteiger partial charge in [-0.3, -0.25) is 4.79 Å². The van der Waals surface area contributed by atoms with E-state index in [0.29, 0.717) is 17.8 Å². The summed E-state index contributed by atoms with van der Waals surface area (Å²) in [5, 5.41) is 12.1.